The van der Waals surface area contributed by atoms with Crippen molar-refractivity contribution in [2.24, 2.45) is 0 Å². The third-order valence-corrected chi connectivity index (χ3v) is 2.69. The summed E-state index contributed by atoms with van der Waals surface area (Å²) in [6.07, 6.45) is 3.69. The van der Waals surface area contributed by atoms with Gasteiger partial charge in [-0.05, 0) is 43.5 Å². The van der Waals surface area contributed by atoms with E-state index in [0.29, 0.717) is 12.2 Å². The van der Waals surface area contributed by atoms with Crippen LogP contribution in [-0.4, -0.2) is 19.3 Å². The van der Waals surface area contributed by atoms with Crippen LogP contribution in [0, 0.1) is 11.3 Å². The van der Waals surface area contributed by atoms with E-state index in [-0.39, 0.29) is 6.10 Å². The molecule has 1 saturated heterocycles. The Hall–Kier alpha value is -1.53. The Bertz CT molecular complexity index is 361. The monoisotopic (exact) mass is 217 g/mol. The van der Waals surface area contributed by atoms with Crippen LogP contribution in [0.15, 0.2) is 24.3 Å². The second kappa shape index (κ2) is 5.53. The Labute approximate surface area is 95.6 Å². The molecule has 1 unspecified atom stereocenters. The van der Waals surface area contributed by atoms with Gasteiger partial charge in [-0.1, -0.05) is 0 Å². The topological polar surface area (TPSA) is 42.2 Å². The summed E-state index contributed by atoms with van der Waals surface area (Å²) >= 11 is 0. The third-order valence-electron chi connectivity index (χ3n) is 2.69. The van der Waals surface area contributed by atoms with Gasteiger partial charge in [0.2, 0.25) is 0 Å². The predicted molar refractivity (Wildman–Crippen MR) is 60.2 cm³/mol. The van der Waals surface area contributed by atoms with Crippen LogP contribution in [0.1, 0.15) is 24.8 Å². The van der Waals surface area contributed by atoms with Gasteiger partial charge in [0.15, 0.2) is 0 Å². The van der Waals surface area contributed by atoms with E-state index in [9.17, 15) is 0 Å². The van der Waals surface area contributed by atoms with Crippen LogP contribution in [-0.2, 0) is 4.74 Å². The summed E-state index contributed by atoms with van der Waals surface area (Å²) in [4.78, 5) is 0. The van der Waals surface area contributed by atoms with E-state index in [1.807, 2.05) is 12.1 Å². The van der Waals surface area contributed by atoms with Gasteiger partial charge < -0.3 is 9.47 Å². The van der Waals surface area contributed by atoms with Gasteiger partial charge in [-0.2, -0.15) is 5.26 Å². The number of nitrogens with zero attached hydrogens (tertiary/aromatic N) is 1. The van der Waals surface area contributed by atoms with Crippen LogP contribution in [0.25, 0.3) is 0 Å². The van der Waals surface area contributed by atoms with Crippen LogP contribution in [0.2, 0.25) is 0 Å². The maximum Gasteiger partial charge on any atom is 0.119 e. The SMILES string of the molecule is N#Cc1ccc(OCC2CCCCO2)cc1. The largest absolute Gasteiger partial charge is 0.491 e. The first-order valence-electron chi connectivity index (χ1n) is 5.63. The van der Waals surface area contributed by atoms with Gasteiger partial charge in [0.05, 0.1) is 17.7 Å². The second-order valence-electron chi connectivity index (χ2n) is 3.94. The molecule has 3 nitrogen and oxygen atoms in total. The lowest BCUT2D eigenvalue weighted by Gasteiger charge is -2.22. The molecule has 1 aromatic rings. The zero-order valence-electron chi connectivity index (χ0n) is 9.19. The van der Waals surface area contributed by atoms with Crippen molar-refractivity contribution in [1.29, 1.82) is 5.26 Å². The maximum absolute atomic E-state index is 8.65. The second-order valence-corrected chi connectivity index (χ2v) is 3.94. The fourth-order valence-electron chi connectivity index (χ4n) is 1.75. The van der Waals surface area contributed by atoms with Crippen molar-refractivity contribution >= 4 is 0 Å². The Morgan fingerprint density at radius 2 is 2.12 bits per heavy atom. The molecule has 16 heavy (non-hydrogen) atoms. The predicted octanol–water partition coefficient (Wildman–Crippen LogP) is 2.51. The molecular weight excluding hydrogens is 202 g/mol. The molecule has 1 atom stereocenters. The minimum absolute atomic E-state index is 0.226. The van der Waals surface area contributed by atoms with Crippen molar-refractivity contribution in [3.05, 3.63) is 29.8 Å². The van der Waals surface area contributed by atoms with Crippen LogP contribution in [0.5, 0.6) is 5.75 Å². The minimum Gasteiger partial charge on any atom is -0.491 e. The molecule has 0 spiro atoms. The zero-order chi connectivity index (χ0) is 11.2. The molecule has 0 aliphatic carbocycles. The molecule has 1 aliphatic heterocycles. The highest BCUT2D eigenvalue weighted by molar-refractivity contribution is 5.34. The van der Waals surface area contributed by atoms with Crippen LogP contribution >= 0.6 is 0 Å². The number of nitriles is 1. The average Bonchev–Trinajstić information content (AvgIpc) is 2.38. The van der Waals surface area contributed by atoms with E-state index in [0.717, 1.165) is 25.2 Å². The van der Waals surface area contributed by atoms with E-state index in [1.165, 1.54) is 6.42 Å². The van der Waals surface area contributed by atoms with Gasteiger partial charge in [-0.15, -0.1) is 0 Å². The maximum atomic E-state index is 8.65. The van der Waals surface area contributed by atoms with E-state index >= 15 is 0 Å². The van der Waals surface area contributed by atoms with E-state index in [4.69, 9.17) is 14.7 Å². The van der Waals surface area contributed by atoms with Crippen molar-refractivity contribution in [2.75, 3.05) is 13.2 Å². The van der Waals surface area contributed by atoms with E-state index in [1.54, 1.807) is 12.1 Å². The molecule has 0 aromatic heterocycles. The normalized spacial score (nSPS) is 20.1. The van der Waals surface area contributed by atoms with Gasteiger partial charge in [0.1, 0.15) is 12.4 Å². The Kier molecular flexibility index (Phi) is 3.79. The fourth-order valence-corrected chi connectivity index (χ4v) is 1.75. The molecule has 1 aromatic carbocycles. The molecule has 1 fully saturated rings. The summed E-state index contributed by atoms with van der Waals surface area (Å²) < 4.78 is 11.2. The molecule has 1 heterocycles. The van der Waals surface area contributed by atoms with Crippen molar-refractivity contribution in [3.8, 4) is 11.8 Å². The van der Waals surface area contributed by atoms with Crippen molar-refractivity contribution < 1.29 is 9.47 Å². The number of hydrogen-bond acceptors (Lipinski definition) is 3. The lowest BCUT2D eigenvalue weighted by atomic mass is 10.1. The van der Waals surface area contributed by atoms with Crippen LogP contribution < -0.4 is 4.74 Å². The number of rotatable bonds is 3. The summed E-state index contributed by atoms with van der Waals surface area (Å²) in [6, 6.07) is 9.24. The summed E-state index contributed by atoms with van der Waals surface area (Å²) in [6.45, 7) is 1.45. The number of ether oxygens (including phenoxy) is 2. The summed E-state index contributed by atoms with van der Waals surface area (Å²) in [5, 5.41) is 8.65. The van der Waals surface area contributed by atoms with Crippen LogP contribution in [0.3, 0.4) is 0 Å². The molecule has 0 amide bonds. The molecule has 0 saturated carbocycles. The minimum atomic E-state index is 0.226. The molecule has 0 N–H and O–H groups in total. The number of hydrogen-bond donors (Lipinski definition) is 0. The lowest BCUT2D eigenvalue weighted by Crippen LogP contribution is -2.25. The first-order valence-corrected chi connectivity index (χ1v) is 5.63. The van der Waals surface area contributed by atoms with Gasteiger partial charge in [0, 0.05) is 6.61 Å². The van der Waals surface area contributed by atoms with Crippen LogP contribution in [0.4, 0.5) is 0 Å². The van der Waals surface area contributed by atoms with E-state index < -0.39 is 0 Å². The van der Waals surface area contributed by atoms with Crippen molar-refractivity contribution in [3.63, 3.8) is 0 Å². The highest BCUT2D eigenvalue weighted by Crippen LogP contribution is 2.16. The molecule has 0 bridgehead atoms. The quantitative estimate of drug-likeness (QED) is 0.781. The Balaban J connectivity index is 1.82. The molecule has 3 heteroatoms. The molecule has 84 valence electrons. The smallest absolute Gasteiger partial charge is 0.119 e. The van der Waals surface area contributed by atoms with Crippen molar-refractivity contribution in [1.82, 2.24) is 0 Å². The highest BCUT2D eigenvalue weighted by Gasteiger charge is 2.14. The molecule has 1 aliphatic rings. The first kappa shape index (κ1) is 11.0. The third kappa shape index (κ3) is 2.98. The summed E-state index contributed by atoms with van der Waals surface area (Å²) in [5.41, 5.74) is 0.654. The average molecular weight is 217 g/mol. The fraction of sp³-hybridized carbons (Fsp3) is 0.462. The van der Waals surface area contributed by atoms with E-state index in [2.05, 4.69) is 6.07 Å². The van der Waals surface area contributed by atoms with Gasteiger partial charge >= 0.3 is 0 Å². The molecule has 2 rings (SSSR count). The number of benzene rings is 1. The Morgan fingerprint density at radius 3 is 2.75 bits per heavy atom. The summed E-state index contributed by atoms with van der Waals surface area (Å²) in [7, 11) is 0. The summed E-state index contributed by atoms with van der Waals surface area (Å²) in [5.74, 6) is 0.799. The highest BCUT2D eigenvalue weighted by atomic mass is 16.5. The molecular formula is C13H15NO2. The van der Waals surface area contributed by atoms with Gasteiger partial charge in [0.25, 0.3) is 0 Å². The Morgan fingerprint density at radius 1 is 1.31 bits per heavy atom. The molecule has 0 radical (unpaired) electrons. The zero-order valence-corrected chi connectivity index (χ0v) is 9.19. The first-order chi connectivity index (χ1) is 7.88. The van der Waals surface area contributed by atoms with Crippen molar-refractivity contribution in [2.45, 2.75) is 25.4 Å². The standard InChI is InChI=1S/C13H15NO2/c14-9-11-4-6-12(7-5-11)16-10-13-3-1-2-8-15-13/h4-7,13H,1-3,8,10H2. The van der Waals surface area contributed by atoms with Gasteiger partial charge in [-0.3, -0.25) is 0 Å². The lowest BCUT2D eigenvalue weighted by molar-refractivity contribution is -0.0110. The van der Waals surface area contributed by atoms with Gasteiger partial charge in [-0.25, -0.2) is 0 Å².